The van der Waals surface area contributed by atoms with Crippen molar-refractivity contribution in [2.24, 2.45) is 5.92 Å². The van der Waals surface area contributed by atoms with Crippen molar-refractivity contribution in [3.05, 3.63) is 11.6 Å². The SMILES string of the molecule is CN(C[C@H]1CCNC1)c1nccs1. The number of thiazole rings is 1. The highest BCUT2D eigenvalue weighted by atomic mass is 32.1. The fourth-order valence-electron chi connectivity index (χ4n) is 1.74. The Morgan fingerprint density at radius 3 is 3.31 bits per heavy atom. The monoisotopic (exact) mass is 197 g/mol. The van der Waals surface area contributed by atoms with Crippen LogP contribution in [0.15, 0.2) is 11.6 Å². The topological polar surface area (TPSA) is 28.2 Å². The minimum absolute atomic E-state index is 0.800. The van der Waals surface area contributed by atoms with E-state index in [9.17, 15) is 0 Å². The zero-order valence-electron chi connectivity index (χ0n) is 7.86. The van der Waals surface area contributed by atoms with Crippen LogP contribution in [0.2, 0.25) is 0 Å². The maximum absolute atomic E-state index is 4.28. The zero-order valence-corrected chi connectivity index (χ0v) is 8.68. The lowest BCUT2D eigenvalue weighted by Crippen LogP contribution is -2.26. The van der Waals surface area contributed by atoms with E-state index in [4.69, 9.17) is 0 Å². The minimum Gasteiger partial charge on any atom is -0.351 e. The molecule has 2 heterocycles. The molecule has 1 aliphatic rings. The fourth-order valence-corrected chi connectivity index (χ4v) is 2.36. The Labute approximate surface area is 82.8 Å². The lowest BCUT2D eigenvalue weighted by atomic mass is 10.1. The van der Waals surface area contributed by atoms with Crippen molar-refractivity contribution in [3.63, 3.8) is 0 Å². The summed E-state index contributed by atoms with van der Waals surface area (Å²) in [4.78, 5) is 6.53. The molecule has 1 N–H and O–H groups in total. The first-order chi connectivity index (χ1) is 6.36. The molecule has 1 saturated heterocycles. The number of aromatic nitrogens is 1. The van der Waals surface area contributed by atoms with E-state index in [1.54, 1.807) is 11.3 Å². The average Bonchev–Trinajstić information content (AvgIpc) is 2.74. The van der Waals surface area contributed by atoms with Gasteiger partial charge < -0.3 is 10.2 Å². The van der Waals surface area contributed by atoms with Gasteiger partial charge in [0.25, 0.3) is 0 Å². The van der Waals surface area contributed by atoms with Crippen molar-refractivity contribution < 1.29 is 0 Å². The van der Waals surface area contributed by atoms with Crippen LogP contribution in [0.5, 0.6) is 0 Å². The second kappa shape index (κ2) is 4.07. The Kier molecular flexibility index (Phi) is 2.80. The molecule has 0 amide bonds. The molecular weight excluding hydrogens is 182 g/mol. The number of hydrogen-bond donors (Lipinski definition) is 1. The van der Waals surface area contributed by atoms with E-state index >= 15 is 0 Å². The molecule has 1 fully saturated rings. The van der Waals surface area contributed by atoms with Gasteiger partial charge >= 0.3 is 0 Å². The van der Waals surface area contributed by atoms with Crippen molar-refractivity contribution in [1.82, 2.24) is 10.3 Å². The van der Waals surface area contributed by atoms with Crippen molar-refractivity contribution in [2.75, 3.05) is 31.6 Å². The molecule has 0 unspecified atom stereocenters. The highest BCUT2D eigenvalue weighted by molar-refractivity contribution is 7.13. The summed E-state index contributed by atoms with van der Waals surface area (Å²) in [6.07, 6.45) is 3.17. The molecule has 0 radical (unpaired) electrons. The number of anilines is 1. The Hall–Kier alpha value is -0.610. The summed E-state index contributed by atoms with van der Waals surface area (Å²) in [5, 5.41) is 6.54. The van der Waals surface area contributed by atoms with Gasteiger partial charge in [0.15, 0.2) is 5.13 Å². The Bertz CT molecular complexity index is 241. The number of nitrogens with one attached hydrogen (secondary N) is 1. The first-order valence-corrected chi connectivity index (χ1v) is 5.55. The van der Waals surface area contributed by atoms with E-state index in [2.05, 4.69) is 22.2 Å². The summed E-state index contributed by atoms with van der Waals surface area (Å²) < 4.78 is 0. The Balaban J connectivity index is 1.87. The normalized spacial score (nSPS) is 22.1. The van der Waals surface area contributed by atoms with Crippen molar-refractivity contribution in [2.45, 2.75) is 6.42 Å². The van der Waals surface area contributed by atoms with Crippen LogP contribution in [0.1, 0.15) is 6.42 Å². The van der Waals surface area contributed by atoms with Gasteiger partial charge in [0.2, 0.25) is 0 Å². The summed E-state index contributed by atoms with van der Waals surface area (Å²) in [5.41, 5.74) is 0. The van der Waals surface area contributed by atoms with Crippen molar-refractivity contribution >= 4 is 16.5 Å². The molecule has 0 bridgehead atoms. The summed E-state index contributed by atoms with van der Waals surface area (Å²) in [6.45, 7) is 3.46. The molecule has 13 heavy (non-hydrogen) atoms. The lowest BCUT2D eigenvalue weighted by molar-refractivity contribution is 0.578. The maximum atomic E-state index is 4.28. The van der Waals surface area contributed by atoms with Crippen molar-refractivity contribution in [3.8, 4) is 0 Å². The molecule has 1 aromatic rings. The third kappa shape index (κ3) is 2.19. The van der Waals surface area contributed by atoms with Gasteiger partial charge in [-0.1, -0.05) is 0 Å². The molecule has 0 aliphatic carbocycles. The molecule has 0 spiro atoms. The standard InChI is InChI=1S/C9H15N3S/c1-12(9-11-4-5-13-9)7-8-2-3-10-6-8/h4-5,8,10H,2-3,6-7H2,1H3/t8-/m0/s1. The van der Waals surface area contributed by atoms with E-state index in [-0.39, 0.29) is 0 Å². The van der Waals surface area contributed by atoms with Crippen LogP contribution in [0.25, 0.3) is 0 Å². The Morgan fingerprint density at radius 2 is 2.69 bits per heavy atom. The van der Waals surface area contributed by atoms with Crippen molar-refractivity contribution in [1.29, 1.82) is 0 Å². The first kappa shape index (κ1) is 8.97. The number of nitrogens with zero attached hydrogens (tertiary/aromatic N) is 2. The van der Waals surface area contributed by atoms with Crippen LogP contribution >= 0.6 is 11.3 Å². The molecule has 1 aliphatic heterocycles. The largest absolute Gasteiger partial charge is 0.351 e. The van der Waals surface area contributed by atoms with E-state index in [1.165, 1.54) is 13.0 Å². The highest BCUT2D eigenvalue weighted by Crippen LogP contribution is 2.18. The van der Waals surface area contributed by atoms with Gasteiger partial charge in [0.1, 0.15) is 0 Å². The highest BCUT2D eigenvalue weighted by Gasteiger charge is 2.17. The van der Waals surface area contributed by atoms with Gasteiger partial charge in [-0.05, 0) is 25.4 Å². The summed E-state index contributed by atoms with van der Waals surface area (Å²) in [7, 11) is 2.12. The smallest absolute Gasteiger partial charge is 0.184 e. The molecular formula is C9H15N3S. The molecule has 72 valence electrons. The van der Waals surface area contributed by atoms with Crippen LogP contribution in [0.4, 0.5) is 5.13 Å². The van der Waals surface area contributed by atoms with E-state index in [0.717, 1.165) is 24.1 Å². The van der Waals surface area contributed by atoms with Gasteiger partial charge in [-0.15, -0.1) is 11.3 Å². The second-order valence-electron chi connectivity index (χ2n) is 3.55. The molecule has 0 aromatic carbocycles. The van der Waals surface area contributed by atoms with E-state index in [0.29, 0.717) is 0 Å². The zero-order chi connectivity index (χ0) is 9.10. The van der Waals surface area contributed by atoms with Crippen LogP contribution in [0.3, 0.4) is 0 Å². The molecule has 1 atom stereocenters. The summed E-state index contributed by atoms with van der Waals surface area (Å²) in [5.74, 6) is 0.800. The summed E-state index contributed by atoms with van der Waals surface area (Å²) in [6, 6.07) is 0. The number of hydrogen-bond acceptors (Lipinski definition) is 4. The second-order valence-corrected chi connectivity index (χ2v) is 4.43. The third-order valence-corrected chi connectivity index (χ3v) is 3.33. The first-order valence-electron chi connectivity index (χ1n) is 4.67. The van der Waals surface area contributed by atoms with Crippen LogP contribution in [-0.4, -0.2) is 31.7 Å². The quantitative estimate of drug-likeness (QED) is 0.789. The summed E-state index contributed by atoms with van der Waals surface area (Å²) >= 11 is 1.71. The lowest BCUT2D eigenvalue weighted by Gasteiger charge is -2.19. The predicted octanol–water partition coefficient (Wildman–Crippen LogP) is 1.19. The van der Waals surface area contributed by atoms with E-state index in [1.807, 2.05) is 11.6 Å². The van der Waals surface area contributed by atoms with Gasteiger partial charge in [-0.2, -0.15) is 0 Å². The molecule has 1 aromatic heterocycles. The molecule has 3 nitrogen and oxygen atoms in total. The molecule has 4 heteroatoms. The fraction of sp³-hybridized carbons (Fsp3) is 0.667. The van der Waals surface area contributed by atoms with Crippen LogP contribution in [0, 0.1) is 5.92 Å². The molecule has 2 rings (SSSR count). The maximum Gasteiger partial charge on any atom is 0.184 e. The van der Waals surface area contributed by atoms with Crippen LogP contribution in [-0.2, 0) is 0 Å². The van der Waals surface area contributed by atoms with Gasteiger partial charge in [0, 0.05) is 25.2 Å². The van der Waals surface area contributed by atoms with Gasteiger partial charge in [-0.3, -0.25) is 0 Å². The number of rotatable bonds is 3. The minimum atomic E-state index is 0.800. The van der Waals surface area contributed by atoms with E-state index < -0.39 is 0 Å². The molecule has 0 saturated carbocycles. The average molecular weight is 197 g/mol. The Morgan fingerprint density at radius 1 is 1.77 bits per heavy atom. The van der Waals surface area contributed by atoms with Gasteiger partial charge in [0.05, 0.1) is 0 Å². The predicted molar refractivity (Wildman–Crippen MR) is 56.4 cm³/mol. The van der Waals surface area contributed by atoms with Crippen LogP contribution < -0.4 is 10.2 Å². The van der Waals surface area contributed by atoms with Gasteiger partial charge in [-0.25, -0.2) is 4.98 Å². The third-order valence-electron chi connectivity index (χ3n) is 2.44.